The maximum Gasteiger partial charge on any atom is 0.340 e. The number of carbonyl (C=O) groups is 2. The van der Waals surface area contributed by atoms with E-state index in [0.717, 1.165) is 37.8 Å². The second-order valence-corrected chi connectivity index (χ2v) is 5.87. The van der Waals surface area contributed by atoms with Gasteiger partial charge in [0.1, 0.15) is 0 Å². The lowest BCUT2D eigenvalue weighted by molar-refractivity contribution is -0.384. The lowest BCUT2D eigenvalue weighted by atomic mass is 10.1. The number of benzene rings is 1. The summed E-state index contributed by atoms with van der Waals surface area (Å²) in [7, 11) is 0. The van der Waals surface area contributed by atoms with Gasteiger partial charge >= 0.3 is 5.97 Å². The second-order valence-electron chi connectivity index (χ2n) is 5.46. The van der Waals surface area contributed by atoms with E-state index in [1.54, 1.807) is 0 Å². The summed E-state index contributed by atoms with van der Waals surface area (Å²) >= 11 is 5.83. The summed E-state index contributed by atoms with van der Waals surface area (Å²) in [5.74, 6) is -1.20. The molecule has 8 heteroatoms. The highest BCUT2D eigenvalue weighted by molar-refractivity contribution is 6.33. The summed E-state index contributed by atoms with van der Waals surface area (Å²) in [6, 6.07) is 3.42. The van der Waals surface area contributed by atoms with Crippen LogP contribution in [0.1, 0.15) is 49.9 Å². The van der Waals surface area contributed by atoms with Crippen molar-refractivity contribution in [2.24, 2.45) is 0 Å². The SMILES string of the molecule is CCCCC[C@@H](C)NC(=O)COC(=O)c1ccc([N+](=O)[O-])cc1Cl. The molecule has 1 aromatic carbocycles. The number of esters is 1. The van der Waals surface area contributed by atoms with Crippen molar-refractivity contribution in [1.29, 1.82) is 0 Å². The smallest absolute Gasteiger partial charge is 0.340 e. The minimum atomic E-state index is -0.802. The summed E-state index contributed by atoms with van der Waals surface area (Å²) in [6.07, 6.45) is 4.10. The molecule has 0 aromatic heterocycles. The Labute approximate surface area is 145 Å². The zero-order valence-corrected chi connectivity index (χ0v) is 14.5. The number of unbranched alkanes of at least 4 members (excludes halogenated alkanes) is 2. The van der Waals surface area contributed by atoms with Crippen LogP contribution in [0.15, 0.2) is 18.2 Å². The van der Waals surface area contributed by atoms with Gasteiger partial charge in [0.05, 0.1) is 15.5 Å². The number of carbonyl (C=O) groups excluding carboxylic acids is 2. The van der Waals surface area contributed by atoms with Crippen molar-refractivity contribution in [2.75, 3.05) is 6.61 Å². The number of rotatable bonds is 9. The fourth-order valence-corrected chi connectivity index (χ4v) is 2.33. The summed E-state index contributed by atoms with van der Waals surface area (Å²) in [6.45, 7) is 3.57. The molecule has 24 heavy (non-hydrogen) atoms. The van der Waals surface area contributed by atoms with Gasteiger partial charge in [0, 0.05) is 18.2 Å². The zero-order chi connectivity index (χ0) is 18.1. The molecule has 0 aliphatic heterocycles. The van der Waals surface area contributed by atoms with E-state index in [0.29, 0.717) is 0 Å². The van der Waals surface area contributed by atoms with Crippen LogP contribution >= 0.6 is 11.6 Å². The molecule has 0 heterocycles. The van der Waals surface area contributed by atoms with Gasteiger partial charge in [-0.05, 0) is 19.4 Å². The van der Waals surface area contributed by atoms with Crippen molar-refractivity contribution in [3.05, 3.63) is 38.9 Å². The van der Waals surface area contributed by atoms with Gasteiger partial charge in [0.15, 0.2) is 6.61 Å². The van der Waals surface area contributed by atoms with E-state index >= 15 is 0 Å². The van der Waals surface area contributed by atoms with E-state index in [1.165, 1.54) is 6.07 Å². The van der Waals surface area contributed by atoms with Crippen molar-refractivity contribution in [2.45, 2.75) is 45.6 Å². The first kappa shape index (κ1) is 19.9. The molecular formula is C16H21ClN2O5. The summed E-state index contributed by atoms with van der Waals surface area (Å²) < 4.78 is 4.89. The first-order chi connectivity index (χ1) is 11.3. The molecule has 132 valence electrons. The number of hydrogen-bond acceptors (Lipinski definition) is 5. The first-order valence-corrected chi connectivity index (χ1v) is 8.13. The Hall–Kier alpha value is -2.15. The average Bonchev–Trinajstić information content (AvgIpc) is 2.52. The Balaban J connectivity index is 2.48. The molecule has 0 saturated carbocycles. The van der Waals surface area contributed by atoms with Crippen molar-refractivity contribution >= 4 is 29.2 Å². The fourth-order valence-electron chi connectivity index (χ4n) is 2.08. The van der Waals surface area contributed by atoms with Gasteiger partial charge < -0.3 is 10.1 Å². The number of nitro benzene ring substituents is 1. The standard InChI is InChI=1S/C16H21ClN2O5/c1-3-4-5-6-11(2)18-15(20)10-24-16(21)13-8-7-12(19(22)23)9-14(13)17/h7-9,11H,3-6,10H2,1-2H3,(H,18,20)/t11-/m1/s1. The molecular weight excluding hydrogens is 336 g/mol. The third kappa shape index (κ3) is 6.54. The van der Waals surface area contributed by atoms with Crippen LogP contribution < -0.4 is 5.32 Å². The maximum absolute atomic E-state index is 11.9. The summed E-state index contributed by atoms with van der Waals surface area (Å²) in [4.78, 5) is 33.6. The van der Waals surface area contributed by atoms with E-state index in [1.807, 2.05) is 6.92 Å². The van der Waals surface area contributed by atoms with Crippen molar-refractivity contribution in [3.63, 3.8) is 0 Å². The first-order valence-electron chi connectivity index (χ1n) is 7.75. The predicted molar refractivity (Wildman–Crippen MR) is 90.1 cm³/mol. The quantitative estimate of drug-likeness (QED) is 0.316. The highest BCUT2D eigenvalue weighted by atomic mass is 35.5. The van der Waals surface area contributed by atoms with Crippen LogP contribution in [-0.2, 0) is 9.53 Å². The monoisotopic (exact) mass is 356 g/mol. The molecule has 0 fully saturated rings. The van der Waals surface area contributed by atoms with E-state index in [4.69, 9.17) is 16.3 Å². The third-order valence-corrected chi connectivity index (χ3v) is 3.68. The Bertz CT molecular complexity index is 606. The Morgan fingerprint density at radius 1 is 1.38 bits per heavy atom. The van der Waals surface area contributed by atoms with Crippen LogP contribution in [0, 0.1) is 10.1 Å². The van der Waals surface area contributed by atoms with Crippen LogP contribution in [0.25, 0.3) is 0 Å². The highest BCUT2D eigenvalue weighted by Gasteiger charge is 2.17. The second kappa shape index (κ2) is 9.87. The van der Waals surface area contributed by atoms with Crippen LogP contribution in [0.3, 0.4) is 0 Å². The summed E-state index contributed by atoms with van der Waals surface area (Å²) in [5.41, 5.74) is -0.249. The van der Waals surface area contributed by atoms with Gasteiger partial charge in [0.2, 0.25) is 0 Å². The molecule has 7 nitrogen and oxygen atoms in total. The molecule has 0 saturated heterocycles. The molecule has 1 N–H and O–H groups in total. The third-order valence-electron chi connectivity index (χ3n) is 3.37. The molecule has 0 unspecified atom stereocenters. The van der Waals surface area contributed by atoms with Crippen molar-refractivity contribution in [1.82, 2.24) is 5.32 Å². The molecule has 0 bridgehead atoms. The van der Waals surface area contributed by atoms with Gasteiger partial charge in [-0.3, -0.25) is 14.9 Å². The number of non-ortho nitro benzene ring substituents is 1. The van der Waals surface area contributed by atoms with Crippen LogP contribution in [-0.4, -0.2) is 29.4 Å². The molecule has 1 atom stereocenters. The lowest BCUT2D eigenvalue weighted by Gasteiger charge is -2.13. The van der Waals surface area contributed by atoms with Crippen LogP contribution in [0.5, 0.6) is 0 Å². The van der Waals surface area contributed by atoms with E-state index in [2.05, 4.69) is 12.2 Å². The molecule has 0 aliphatic rings. The predicted octanol–water partition coefficient (Wildman–Crippen LogP) is 3.49. The molecule has 1 aromatic rings. The zero-order valence-electron chi connectivity index (χ0n) is 13.7. The van der Waals surface area contributed by atoms with Crippen molar-refractivity contribution < 1.29 is 19.2 Å². The minimum absolute atomic E-state index is 0.00529. The van der Waals surface area contributed by atoms with Gasteiger partial charge in [0.25, 0.3) is 11.6 Å². The largest absolute Gasteiger partial charge is 0.452 e. The molecule has 1 amide bonds. The topological polar surface area (TPSA) is 98.5 Å². The number of halogens is 1. The number of amides is 1. The molecule has 0 radical (unpaired) electrons. The van der Waals surface area contributed by atoms with Crippen LogP contribution in [0.4, 0.5) is 5.69 Å². The average molecular weight is 357 g/mol. The van der Waals surface area contributed by atoms with Crippen molar-refractivity contribution in [3.8, 4) is 0 Å². The summed E-state index contributed by atoms with van der Waals surface area (Å²) in [5, 5.41) is 13.3. The number of nitro groups is 1. The Kier molecular flexibility index (Phi) is 8.18. The number of nitrogens with one attached hydrogen (secondary N) is 1. The Morgan fingerprint density at radius 3 is 2.67 bits per heavy atom. The highest BCUT2D eigenvalue weighted by Crippen LogP contribution is 2.23. The minimum Gasteiger partial charge on any atom is -0.452 e. The number of ether oxygens (including phenoxy) is 1. The number of nitrogens with zero attached hydrogens (tertiary/aromatic N) is 1. The van der Waals surface area contributed by atoms with Gasteiger partial charge in [-0.1, -0.05) is 37.8 Å². The van der Waals surface area contributed by atoms with Crippen LogP contribution in [0.2, 0.25) is 5.02 Å². The van der Waals surface area contributed by atoms with Gasteiger partial charge in [-0.15, -0.1) is 0 Å². The van der Waals surface area contributed by atoms with E-state index in [-0.39, 0.29) is 22.3 Å². The molecule has 0 spiro atoms. The van der Waals surface area contributed by atoms with E-state index in [9.17, 15) is 19.7 Å². The Morgan fingerprint density at radius 2 is 2.08 bits per heavy atom. The van der Waals surface area contributed by atoms with Gasteiger partial charge in [-0.25, -0.2) is 4.79 Å². The molecule has 0 aliphatic carbocycles. The molecule has 1 rings (SSSR count). The lowest BCUT2D eigenvalue weighted by Crippen LogP contribution is -2.35. The fraction of sp³-hybridized carbons (Fsp3) is 0.500. The van der Waals surface area contributed by atoms with Gasteiger partial charge in [-0.2, -0.15) is 0 Å². The number of hydrogen-bond donors (Lipinski definition) is 1. The normalized spacial score (nSPS) is 11.6. The maximum atomic E-state index is 11.9. The van der Waals surface area contributed by atoms with E-state index < -0.39 is 23.4 Å².